The van der Waals surface area contributed by atoms with Gasteiger partial charge in [-0.3, -0.25) is 13.9 Å². The van der Waals surface area contributed by atoms with Crippen LogP contribution in [0.2, 0.25) is 0 Å². The molecule has 0 saturated heterocycles. The van der Waals surface area contributed by atoms with E-state index in [2.05, 4.69) is 5.32 Å². The first-order chi connectivity index (χ1) is 18.7. The van der Waals surface area contributed by atoms with E-state index < -0.39 is 28.5 Å². The van der Waals surface area contributed by atoms with Crippen molar-refractivity contribution >= 4 is 27.5 Å². The number of hydrogen-bond donors (Lipinski definition) is 1. The average molecular weight is 552 g/mol. The van der Waals surface area contributed by atoms with Crippen molar-refractivity contribution < 1.29 is 22.7 Å². The minimum Gasteiger partial charge on any atom is -0.497 e. The maximum atomic E-state index is 13.8. The molecule has 0 aliphatic heterocycles. The van der Waals surface area contributed by atoms with Crippen LogP contribution in [-0.4, -0.2) is 57.4 Å². The minimum atomic E-state index is -4.11. The third-order valence-electron chi connectivity index (χ3n) is 6.62. The number of nitrogens with one attached hydrogen (secondary N) is 1. The van der Waals surface area contributed by atoms with Crippen LogP contribution >= 0.6 is 0 Å². The van der Waals surface area contributed by atoms with Crippen LogP contribution in [-0.2, 0) is 26.0 Å². The molecule has 2 unspecified atom stereocenters. The Balaban J connectivity index is 1.94. The van der Waals surface area contributed by atoms with Crippen LogP contribution in [0.3, 0.4) is 0 Å². The fourth-order valence-corrected chi connectivity index (χ4v) is 5.45. The van der Waals surface area contributed by atoms with Gasteiger partial charge in [0.1, 0.15) is 18.3 Å². The van der Waals surface area contributed by atoms with Crippen LogP contribution in [0.5, 0.6) is 5.75 Å². The van der Waals surface area contributed by atoms with Gasteiger partial charge in [0.05, 0.1) is 17.7 Å². The van der Waals surface area contributed by atoms with Crippen LogP contribution < -0.4 is 14.4 Å². The van der Waals surface area contributed by atoms with Crippen LogP contribution in [0.1, 0.15) is 32.8 Å². The van der Waals surface area contributed by atoms with Crippen molar-refractivity contribution in [2.75, 3.05) is 24.5 Å². The average Bonchev–Trinajstić information content (AvgIpc) is 2.96. The monoisotopic (exact) mass is 551 g/mol. The van der Waals surface area contributed by atoms with Gasteiger partial charge in [0.25, 0.3) is 10.0 Å². The van der Waals surface area contributed by atoms with Gasteiger partial charge in [0.15, 0.2) is 0 Å². The highest BCUT2D eigenvalue weighted by Gasteiger charge is 2.32. The van der Waals surface area contributed by atoms with Gasteiger partial charge in [-0.2, -0.15) is 0 Å². The number of sulfonamides is 1. The highest BCUT2D eigenvalue weighted by atomic mass is 32.2. The van der Waals surface area contributed by atoms with Crippen LogP contribution in [0.25, 0.3) is 0 Å². The number of ether oxygens (including phenoxy) is 1. The van der Waals surface area contributed by atoms with E-state index >= 15 is 0 Å². The van der Waals surface area contributed by atoms with E-state index in [1.54, 1.807) is 49.4 Å². The molecule has 0 fully saturated rings. The molecule has 0 radical (unpaired) electrons. The Labute approximate surface area is 231 Å². The van der Waals surface area contributed by atoms with E-state index in [1.165, 1.54) is 24.1 Å². The highest BCUT2D eigenvalue weighted by molar-refractivity contribution is 7.92. The summed E-state index contributed by atoms with van der Waals surface area (Å²) in [6.07, 6.45) is 1.27. The summed E-state index contributed by atoms with van der Waals surface area (Å²) in [5.74, 6) is -0.238. The zero-order chi connectivity index (χ0) is 28.4. The first kappa shape index (κ1) is 29.7. The van der Waals surface area contributed by atoms with E-state index in [4.69, 9.17) is 4.74 Å². The molecule has 0 aliphatic carbocycles. The lowest BCUT2D eigenvalue weighted by Gasteiger charge is -2.32. The van der Waals surface area contributed by atoms with E-state index in [0.717, 1.165) is 16.3 Å². The van der Waals surface area contributed by atoms with Gasteiger partial charge >= 0.3 is 0 Å². The van der Waals surface area contributed by atoms with Gasteiger partial charge < -0.3 is 15.0 Å². The molecule has 39 heavy (non-hydrogen) atoms. The highest BCUT2D eigenvalue weighted by Crippen LogP contribution is 2.25. The third kappa shape index (κ3) is 7.83. The van der Waals surface area contributed by atoms with Gasteiger partial charge in [0, 0.05) is 12.6 Å². The minimum absolute atomic E-state index is 0.0263. The molecule has 0 spiro atoms. The Morgan fingerprint density at radius 3 is 2.05 bits per heavy atom. The number of carbonyl (C=O) groups excluding carboxylic acids is 2. The Morgan fingerprint density at radius 1 is 0.897 bits per heavy atom. The Morgan fingerprint density at radius 2 is 1.49 bits per heavy atom. The number of amides is 2. The second-order valence-electron chi connectivity index (χ2n) is 9.34. The van der Waals surface area contributed by atoms with E-state index in [0.29, 0.717) is 17.9 Å². The molecule has 1 N–H and O–H groups in total. The van der Waals surface area contributed by atoms with Gasteiger partial charge in [-0.1, -0.05) is 55.5 Å². The summed E-state index contributed by atoms with van der Waals surface area (Å²) in [5, 5.41) is 2.94. The Hall–Kier alpha value is -3.85. The molecule has 9 heteroatoms. The lowest BCUT2D eigenvalue weighted by Crippen LogP contribution is -2.53. The summed E-state index contributed by atoms with van der Waals surface area (Å²) >= 11 is 0. The second-order valence-corrected chi connectivity index (χ2v) is 11.2. The van der Waals surface area contributed by atoms with Crippen molar-refractivity contribution in [2.45, 2.75) is 50.6 Å². The number of methoxy groups -OCH3 is 1. The van der Waals surface area contributed by atoms with Crippen molar-refractivity contribution in [3.63, 3.8) is 0 Å². The molecule has 8 nitrogen and oxygen atoms in total. The molecule has 3 aromatic rings. The predicted molar refractivity (Wildman–Crippen MR) is 153 cm³/mol. The normalized spacial score (nSPS) is 12.7. The van der Waals surface area contributed by atoms with E-state index in [1.807, 2.05) is 44.2 Å². The van der Waals surface area contributed by atoms with Gasteiger partial charge in [-0.25, -0.2) is 8.42 Å². The number of para-hydroxylation sites is 1. The number of rotatable bonds is 13. The number of hydrogen-bond acceptors (Lipinski definition) is 5. The number of carbonyl (C=O) groups is 2. The van der Waals surface area contributed by atoms with Crippen LogP contribution in [0.4, 0.5) is 5.69 Å². The van der Waals surface area contributed by atoms with Crippen molar-refractivity contribution in [3.05, 3.63) is 90.5 Å². The predicted octanol–water partition coefficient (Wildman–Crippen LogP) is 4.27. The fraction of sp³-hybridized carbons (Fsp3) is 0.333. The van der Waals surface area contributed by atoms with Crippen LogP contribution in [0.15, 0.2) is 89.8 Å². The van der Waals surface area contributed by atoms with Crippen molar-refractivity contribution in [1.82, 2.24) is 10.2 Å². The Kier molecular flexibility index (Phi) is 10.5. The first-order valence-electron chi connectivity index (χ1n) is 13.0. The quantitative estimate of drug-likeness (QED) is 0.342. The molecule has 208 valence electrons. The van der Waals surface area contributed by atoms with Crippen LogP contribution in [0, 0.1) is 0 Å². The molecular formula is C30H37N3O5S. The summed E-state index contributed by atoms with van der Waals surface area (Å²) in [6.45, 7) is 5.33. The van der Waals surface area contributed by atoms with Crippen molar-refractivity contribution in [3.8, 4) is 5.75 Å². The molecule has 3 rings (SSSR count). The molecule has 0 bridgehead atoms. The standard InChI is InChI=1S/C30H37N3O5S/c1-5-23(2)31-30(35)24(3)32(21-20-25-12-8-6-9-13-25)29(34)22-33(26-14-10-7-11-15-26)39(36,37)28-18-16-27(38-4)17-19-28/h6-19,23-24H,5,20-22H2,1-4H3,(H,31,35). The maximum absolute atomic E-state index is 13.8. The molecule has 2 amide bonds. The van der Waals surface area contributed by atoms with Gasteiger partial charge in [-0.05, 0) is 68.7 Å². The molecule has 0 heterocycles. The fourth-order valence-electron chi connectivity index (χ4n) is 4.03. The largest absolute Gasteiger partial charge is 0.497 e. The number of anilines is 1. The third-order valence-corrected chi connectivity index (χ3v) is 8.41. The zero-order valence-electron chi connectivity index (χ0n) is 22.9. The molecule has 0 saturated carbocycles. The summed E-state index contributed by atoms with van der Waals surface area (Å²) in [7, 11) is -2.61. The van der Waals surface area contributed by atoms with Gasteiger partial charge in [-0.15, -0.1) is 0 Å². The topological polar surface area (TPSA) is 96.0 Å². The molecule has 0 aromatic heterocycles. The van der Waals surface area contributed by atoms with Crippen molar-refractivity contribution in [1.29, 1.82) is 0 Å². The smallest absolute Gasteiger partial charge is 0.264 e. The lowest BCUT2D eigenvalue weighted by atomic mass is 10.1. The number of nitrogens with zero attached hydrogens (tertiary/aromatic N) is 2. The summed E-state index contributed by atoms with van der Waals surface area (Å²) in [6, 6.07) is 23.3. The molecule has 2 atom stereocenters. The SMILES string of the molecule is CCC(C)NC(=O)C(C)N(CCc1ccccc1)C(=O)CN(c1ccccc1)S(=O)(=O)c1ccc(OC)cc1. The molecule has 3 aromatic carbocycles. The van der Waals surface area contributed by atoms with Gasteiger partial charge in [0.2, 0.25) is 11.8 Å². The van der Waals surface area contributed by atoms with Crippen molar-refractivity contribution in [2.24, 2.45) is 0 Å². The Bertz CT molecular complexity index is 1320. The lowest BCUT2D eigenvalue weighted by molar-refractivity contribution is -0.139. The summed E-state index contributed by atoms with van der Waals surface area (Å²) in [5.41, 5.74) is 1.36. The zero-order valence-corrected chi connectivity index (χ0v) is 23.7. The number of benzene rings is 3. The second kappa shape index (κ2) is 13.8. The molecule has 0 aliphatic rings. The summed E-state index contributed by atoms with van der Waals surface area (Å²) in [4.78, 5) is 28.4. The van der Waals surface area contributed by atoms with E-state index in [9.17, 15) is 18.0 Å². The maximum Gasteiger partial charge on any atom is 0.264 e. The van der Waals surface area contributed by atoms with E-state index in [-0.39, 0.29) is 23.4 Å². The first-order valence-corrected chi connectivity index (χ1v) is 14.5. The summed E-state index contributed by atoms with van der Waals surface area (Å²) < 4.78 is 33.8. The molecular weight excluding hydrogens is 514 g/mol.